The predicted octanol–water partition coefficient (Wildman–Crippen LogP) is 2.18. The van der Waals surface area contributed by atoms with Crippen molar-refractivity contribution in [3.63, 3.8) is 0 Å². The van der Waals surface area contributed by atoms with Crippen LogP contribution in [0.3, 0.4) is 0 Å². The smallest absolute Gasteiger partial charge is 0.228 e. The molecule has 1 saturated heterocycles. The van der Waals surface area contributed by atoms with Crippen molar-refractivity contribution in [2.24, 2.45) is 5.92 Å². The SMILES string of the molecule is O=C1CC(CS)CN1c1ncc(Br)nc1Cl. The highest BCUT2D eigenvalue weighted by molar-refractivity contribution is 9.10. The van der Waals surface area contributed by atoms with E-state index < -0.39 is 0 Å². The van der Waals surface area contributed by atoms with Crippen molar-refractivity contribution in [2.75, 3.05) is 17.2 Å². The van der Waals surface area contributed by atoms with E-state index in [-0.39, 0.29) is 17.0 Å². The van der Waals surface area contributed by atoms with Gasteiger partial charge in [0.25, 0.3) is 0 Å². The van der Waals surface area contributed by atoms with Crippen LogP contribution in [0.5, 0.6) is 0 Å². The fourth-order valence-electron chi connectivity index (χ4n) is 1.63. The summed E-state index contributed by atoms with van der Waals surface area (Å²) in [5, 5.41) is 0.238. The largest absolute Gasteiger partial charge is 0.294 e. The van der Waals surface area contributed by atoms with E-state index in [2.05, 4.69) is 38.5 Å². The van der Waals surface area contributed by atoms with Gasteiger partial charge in [0, 0.05) is 13.0 Å². The minimum atomic E-state index is 0.0255. The van der Waals surface area contributed by atoms with E-state index in [4.69, 9.17) is 11.6 Å². The predicted molar refractivity (Wildman–Crippen MR) is 69.1 cm³/mol. The van der Waals surface area contributed by atoms with Gasteiger partial charge in [-0.3, -0.25) is 9.69 Å². The standard InChI is InChI=1S/C9H9BrClN3OS/c10-6-2-12-9(8(11)13-6)14-3-5(4-16)1-7(14)15/h2,5,16H,1,3-4H2. The first-order valence-electron chi connectivity index (χ1n) is 4.71. The van der Waals surface area contributed by atoms with Crippen molar-refractivity contribution in [2.45, 2.75) is 6.42 Å². The molecule has 16 heavy (non-hydrogen) atoms. The number of hydrogen-bond acceptors (Lipinski definition) is 4. The Morgan fingerprint density at radius 2 is 2.44 bits per heavy atom. The molecule has 1 aliphatic heterocycles. The molecule has 1 aliphatic rings. The quantitative estimate of drug-likeness (QED) is 0.849. The molecular formula is C9H9BrClN3OS. The van der Waals surface area contributed by atoms with Gasteiger partial charge in [0.15, 0.2) is 11.0 Å². The highest BCUT2D eigenvalue weighted by Crippen LogP contribution is 2.29. The van der Waals surface area contributed by atoms with Gasteiger partial charge in [-0.1, -0.05) is 11.6 Å². The van der Waals surface area contributed by atoms with Crippen molar-refractivity contribution in [3.05, 3.63) is 16.0 Å². The number of amides is 1. The Labute approximate surface area is 112 Å². The molecule has 0 radical (unpaired) electrons. The molecule has 2 heterocycles. The molecule has 0 spiro atoms. The van der Waals surface area contributed by atoms with Crippen molar-refractivity contribution in [1.82, 2.24) is 9.97 Å². The monoisotopic (exact) mass is 321 g/mol. The minimum Gasteiger partial charge on any atom is -0.294 e. The van der Waals surface area contributed by atoms with Gasteiger partial charge in [0.05, 0.1) is 6.20 Å². The molecule has 0 N–H and O–H groups in total. The first kappa shape index (κ1) is 12.1. The second kappa shape index (κ2) is 4.89. The molecule has 7 heteroatoms. The second-order valence-electron chi connectivity index (χ2n) is 3.56. The number of rotatable bonds is 2. The van der Waals surface area contributed by atoms with Crippen molar-refractivity contribution in [1.29, 1.82) is 0 Å². The number of anilines is 1. The average Bonchev–Trinajstić information content (AvgIpc) is 2.60. The van der Waals surface area contributed by atoms with Crippen LogP contribution in [0.1, 0.15) is 6.42 Å². The van der Waals surface area contributed by atoms with Crippen LogP contribution in [0.25, 0.3) is 0 Å². The molecule has 1 aromatic rings. The first-order valence-corrected chi connectivity index (χ1v) is 6.51. The van der Waals surface area contributed by atoms with E-state index in [1.165, 1.54) is 6.20 Å². The van der Waals surface area contributed by atoms with Crippen LogP contribution in [0.2, 0.25) is 5.15 Å². The van der Waals surface area contributed by atoms with Crippen LogP contribution in [0, 0.1) is 5.92 Å². The summed E-state index contributed by atoms with van der Waals surface area (Å²) in [6.07, 6.45) is 2.03. The van der Waals surface area contributed by atoms with Crippen LogP contribution >= 0.6 is 40.2 Å². The Morgan fingerprint density at radius 3 is 3.00 bits per heavy atom. The Balaban J connectivity index is 2.28. The summed E-state index contributed by atoms with van der Waals surface area (Å²) in [5.41, 5.74) is 0. The Hall–Kier alpha value is -0.330. The zero-order chi connectivity index (χ0) is 11.7. The number of thiol groups is 1. The van der Waals surface area contributed by atoms with Gasteiger partial charge >= 0.3 is 0 Å². The number of hydrogen-bond donors (Lipinski definition) is 1. The molecule has 1 atom stereocenters. The normalized spacial score (nSPS) is 20.6. The van der Waals surface area contributed by atoms with Crippen LogP contribution in [-0.4, -0.2) is 28.2 Å². The maximum absolute atomic E-state index is 11.7. The van der Waals surface area contributed by atoms with Gasteiger partial charge in [-0.2, -0.15) is 12.6 Å². The van der Waals surface area contributed by atoms with E-state index in [0.717, 1.165) is 0 Å². The third kappa shape index (κ3) is 2.33. The number of carbonyl (C=O) groups excluding carboxylic acids is 1. The summed E-state index contributed by atoms with van der Waals surface area (Å²) in [6.45, 7) is 0.609. The summed E-state index contributed by atoms with van der Waals surface area (Å²) >= 11 is 13.3. The molecular weight excluding hydrogens is 314 g/mol. The summed E-state index contributed by atoms with van der Waals surface area (Å²) in [6, 6.07) is 0. The molecule has 0 saturated carbocycles. The van der Waals surface area contributed by atoms with Crippen LogP contribution in [0.4, 0.5) is 5.82 Å². The molecule has 1 fully saturated rings. The lowest BCUT2D eigenvalue weighted by Crippen LogP contribution is -2.26. The van der Waals surface area contributed by atoms with Crippen LogP contribution < -0.4 is 4.90 Å². The van der Waals surface area contributed by atoms with Gasteiger partial charge in [-0.05, 0) is 27.6 Å². The summed E-state index contributed by atoms with van der Waals surface area (Å²) in [5.74, 6) is 1.40. The van der Waals surface area contributed by atoms with Gasteiger partial charge < -0.3 is 0 Å². The Kier molecular flexibility index (Phi) is 3.71. The van der Waals surface area contributed by atoms with Gasteiger partial charge in [0.1, 0.15) is 4.60 Å². The molecule has 0 aliphatic carbocycles. The molecule has 86 valence electrons. The molecule has 2 rings (SSSR count). The fourth-order valence-corrected chi connectivity index (χ4v) is 2.50. The van der Waals surface area contributed by atoms with Gasteiger partial charge in [-0.25, -0.2) is 9.97 Å². The zero-order valence-corrected chi connectivity index (χ0v) is 11.5. The first-order chi connectivity index (χ1) is 7.61. The fraction of sp³-hybridized carbons (Fsp3) is 0.444. The number of halogens is 2. The topological polar surface area (TPSA) is 46.1 Å². The van der Waals surface area contributed by atoms with E-state index in [1.807, 2.05) is 0 Å². The maximum Gasteiger partial charge on any atom is 0.228 e. The minimum absolute atomic E-state index is 0.0255. The summed E-state index contributed by atoms with van der Waals surface area (Å²) in [7, 11) is 0. The molecule has 0 bridgehead atoms. The summed E-state index contributed by atoms with van der Waals surface area (Å²) in [4.78, 5) is 21.4. The molecule has 4 nitrogen and oxygen atoms in total. The second-order valence-corrected chi connectivity index (χ2v) is 5.10. The van der Waals surface area contributed by atoms with E-state index in [1.54, 1.807) is 4.90 Å². The molecule has 1 aromatic heterocycles. The van der Waals surface area contributed by atoms with Gasteiger partial charge in [-0.15, -0.1) is 0 Å². The van der Waals surface area contributed by atoms with Crippen LogP contribution in [-0.2, 0) is 4.79 Å². The average molecular weight is 323 g/mol. The summed E-state index contributed by atoms with van der Waals surface area (Å²) < 4.78 is 0.554. The van der Waals surface area contributed by atoms with E-state index >= 15 is 0 Å². The lowest BCUT2D eigenvalue weighted by Gasteiger charge is -2.15. The Morgan fingerprint density at radius 1 is 1.69 bits per heavy atom. The highest BCUT2D eigenvalue weighted by Gasteiger charge is 2.32. The molecule has 1 amide bonds. The maximum atomic E-state index is 11.7. The third-order valence-corrected chi connectivity index (χ3v) is 3.55. The van der Waals surface area contributed by atoms with Crippen molar-refractivity contribution < 1.29 is 4.79 Å². The highest BCUT2D eigenvalue weighted by atomic mass is 79.9. The zero-order valence-electron chi connectivity index (χ0n) is 8.23. The van der Waals surface area contributed by atoms with E-state index in [9.17, 15) is 4.79 Å². The Bertz CT molecular complexity index is 431. The molecule has 1 unspecified atom stereocenters. The number of carbonyl (C=O) groups is 1. The lowest BCUT2D eigenvalue weighted by atomic mass is 10.1. The number of nitrogens with zero attached hydrogens (tertiary/aromatic N) is 3. The van der Waals surface area contributed by atoms with Crippen molar-refractivity contribution in [3.8, 4) is 0 Å². The third-order valence-electron chi connectivity index (χ3n) is 2.40. The number of aromatic nitrogens is 2. The molecule has 0 aromatic carbocycles. The van der Waals surface area contributed by atoms with Crippen molar-refractivity contribution >= 4 is 51.9 Å². The van der Waals surface area contributed by atoms with E-state index in [0.29, 0.717) is 29.1 Å². The van der Waals surface area contributed by atoms with Gasteiger partial charge in [0.2, 0.25) is 5.91 Å². The lowest BCUT2D eigenvalue weighted by molar-refractivity contribution is -0.117. The van der Waals surface area contributed by atoms with Crippen LogP contribution in [0.15, 0.2) is 10.8 Å².